The smallest absolute Gasteiger partial charge is 0.243 e. The molecule has 6 nitrogen and oxygen atoms in total. The van der Waals surface area contributed by atoms with E-state index in [-0.39, 0.29) is 18.4 Å². The second kappa shape index (κ2) is 5.81. The zero-order chi connectivity index (χ0) is 13.8. The third-order valence-electron chi connectivity index (χ3n) is 2.96. The van der Waals surface area contributed by atoms with Gasteiger partial charge in [0.2, 0.25) is 11.8 Å². The first kappa shape index (κ1) is 13.5. The van der Waals surface area contributed by atoms with E-state index in [4.69, 9.17) is 10.5 Å². The van der Waals surface area contributed by atoms with E-state index in [0.29, 0.717) is 12.1 Å². The number of amides is 2. The Labute approximate surface area is 111 Å². The summed E-state index contributed by atoms with van der Waals surface area (Å²) >= 11 is 0. The molecule has 2 rings (SSSR count). The predicted octanol–water partition coefficient (Wildman–Crippen LogP) is 0.483. The first-order chi connectivity index (χ1) is 9.10. The Morgan fingerprint density at radius 3 is 3.05 bits per heavy atom. The zero-order valence-corrected chi connectivity index (χ0v) is 10.7. The van der Waals surface area contributed by atoms with Crippen molar-refractivity contribution in [3.05, 3.63) is 23.8 Å². The van der Waals surface area contributed by atoms with Crippen molar-refractivity contribution in [1.29, 1.82) is 0 Å². The molecule has 0 bridgehead atoms. The van der Waals surface area contributed by atoms with Gasteiger partial charge in [-0.1, -0.05) is 6.07 Å². The van der Waals surface area contributed by atoms with Gasteiger partial charge in [-0.2, -0.15) is 0 Å². The van der Waals surface area contributed by atoms with E-state index in [1.807, 2.05) is 6.07 Å². The molecule has 0 aliphatic carbocycles. The maximum Gasteiger partial charge on any atom is 0.243 e. The maximum atomic E-state index is 11.7. The van der Waals surface area contributed by atoms with Crippen molar-refractivity contribution in [3.8, 4) is 0 Å². The van der Waals surface area contributed by atoms with E-state index in [1.165, 1.54) is 7.11 Å². The summed E-state index contributed by atoms with van der Waals surface area (Å²) in [6, 6.07) is 4.72. The molecule has 1 aromatic rings. The molecule has 1 atom stereocenters. The first-order valence-corrected chi connectivity index (χ1v) is 6.08. The molecule has 6 heteroatoms. The number of methoxy groups -OCH3 is 1. The van der Waals surface area contributed by atoms with Crippen molar-refractivity contribution < 1.29 is 14.3 Å². The number of nitrogens with one attached hydrogen (secondary N) is 2. The van der Waals surface area contributed by atoms with Gasteiger partial charge in [-0.05, 0) is 24.1 Å². The molecule has 1 aliphatic heterocycles. The average molecular weight is 263 g/mol. The van der Waals surface area contributed by atoms with E-state index >= 15 is 0 Å². The fourth-order valence-corrected chi connectivity index (χ4v) is 1.94. The van der Waals surface area contributed by atoms with E-state index in [0.717, 1.165) is 17.7 Å². The molecular formula is C13H17N3O3. The highest BCUT2D eigenvalue weighted by atomic mass is 16.5. The van der Waals surface area contributed by atoms with Gasteiger partial charge in [-0.3, -0.25) is 9.59 Å². The topological polar surface area (TPSA) is 93.4 Å². The van der Waals surface area contributed by atoms with Gasteiger partial charge in [-0.25, -0.2) is 0 Å². The average Bonchev–Trinajstić information content (AvgIpc) is 2.38. The first-order valence-electron chi connectivity index (χ1n) is 6.08. The normalized spacial score (nSPS) is 15.4. The molecule has 0 fully saturated rings. The Kier molecular flexibility index (Phi) is 4.13. The lowest BCUT2D eigenvalue weighted by molar-refractivity contribution is -0.118. The van der Waals surface area contributed by atoms with Crippen LogP contribution in [0.3, 0.4) is 0 Å². The number of carbonyl (C=O) groups is 2. The van der Waals surface area contributed by atoms with E-state index in [2.05, 4.69) is 10.6 Å². The van der Waals surface area contributed by atoms with Gasteiger partial charge < -0.3 is 21.1 Å². The molecule has 1 unspecified atom stereocenters. The number of benzene rings is 1. The SMILES string of the molecule is COCC(N)C(=O)Nc1ccc2c(c1)NC(=O)CC2. The van der Waals surface area contributed by atoms with Crippen LogP contribution < -0.4 is 16.4 Å². The lowest BCUT2D eigenvalue weighted by Crippen LogP contribution is -2.39. The van der Waals surface area contributed by atoms with Gasteiger partial charge in [0.05, 0.1) is 6.61 Å². The summed E-state index contributed by atoms with van der Waals surface area (Å²) < 4.78 is 4.82. The van der Waals surface area contributed by atoms with Crippen LogP contribution in [-0.2, 0) is 20.7 Å². The third kappa shape index (κ3) is 3.30. The molecule has 0 saturated heterocycles. The largest absolute Gasteiger partial charge is 0.383 e. The van der Waals surface area contributed by atoms with E-state index < -0.39 is 6.04 Å². The van der Waals surface area contributed by atoms with Crippen molar-refractivity contribution in [2.75, 3.05) is 24.4 Å². The van der Waals surface area contributed by atoms with Crippen LogP contribution in [0.15, 0.2) is 18.2 Å². The summed E-state index contributed by atoms with van der Waals surface area (Å²) in [5.41, 5.74) is 8.05. The van der Waals surface area contributed by atoms with Crippen LogP contribution in [0.4, 0.5) is 11.4 Å². The van der Waals surface area contributed by atoms with Crippen molar-refractivity contribution in [2.45, 2.75) is 18.9 Å². The molecule has 102 valence electrons. The number of nitrogens with two attached hydrogens (primary N) is 1. The van der Waals surface area contributed by atoms with E-state index in [1.54, 1.807) is 12.1 Å². The molecule has 0 saturated carbocycles. The fraction of sp³-hybridized carbons (Fsp3) is 0.385. The number of hydrogen-bond acceptors (Lipinski definition) is 4. The Morgan fingerprint density at radius 1 is 1.53 bits per heavy atom. The summed E-state index contributed by atoms with van der Waals surface area (Å²) in [5.74, 6) is -0.323. The molecule has 1 aliphatic rings. The Bertz CT molecular complexity index is 502. The molecule has 0 aromatic heterocycles. The number of ether oxygens (including phenoxy) is 1. The maximum absolute atomic E-state index is 11.7. The second-order valence-electron chi connectivity index (χ2n) is 4.47. The van der Waals surface area contributed by atoms with Gasteiger partial charge in [0.15, 0.2) is 0 Å². The molecule has 0 spiro atoms. The second-order valence-corrected chi connectivity index (χ2v) is 4.47. The minimum absolute atomic E-state index is 0.00735. The van der Waals surface area contributed by atoms with Crippen molar-refractivity contribution in [1.82, 2.24) is 0 Å². The molecule has 2 amide bonds. The van der Waals surface area contributed by atoms with Gasteiger partial charge in [0.1, 0.15) is 6.04 Å². The standard InChI is InChI=1S/C13H17N3O3/c1-19-7-10(14)13(18)15-9-4-2-8-3-5-12(17)16-11(8)6-9/h2,4,6,10H,3,5,7,14H2,1H3,(H,15,18)(H,16,17). The quantitative estimate of drug-likeness (QED) is 0.736. The van der Waals surface area contributed by atoms with E-state index in [9.17, 15) is 9.59 Å². The number of hydrogen-bond donors (Lipinski definition) is 3. The number of fused-ring (bicyclic) bond motifs is 1. The monoisotopic (exact) mass is 263 g/mol. The minimum atomic E-state index is -0.712. The van der Waals surface area contributed by atoms with Crippen LogP contribution in [0.2, 0.25) is 0 Å². The Balaban J connectivity index is 2.08. The van der Waals surface area contributed by atoms with Crippen molar-refractivity contribution in [3.63, 3.8) is 0 Å². The molecular weight excluding hydrogens is 246 g/mol. The fourth-order valence-electron chi connectivity index (χ4n) is 1.94. The molecule has 1 aromatic carbocycles. The molecule has 1 heterocycles. The summed E-state index contributed by atoms with van der Waals surface area (Å²) in [6.45, 7) is 0.160. The van der Waals surface area contributed by atoms with Crippen LogP contribution >= 0.6 is 0 Å². The summed E-state index contributed by atoms with van der Waals surface area (Å²) in [7, 11) is 1.49. The number of carbonyl (C=O) groups excluding carboxylic acids is 2. The molecule has 19 heavy (non-hydrogen) atoms. The minimum Gasteiger partial charge on any atom is -0.383 e. The Hall–Kier alpha value is -1.92. The highest BCUT2D eigenvalue weighted by Gasteiger charge is 2.17. The van der Waals surface area contributed by atoms with Gasteiger partial charge in [0, 0.05) is 24.9 Å². The van der Waals surface area contributed by atoms with Crippen LogP contribution in [0.1, 0.15) is 12.0 Å². The van der Waals surface area contributed by atoms with Gasteiger partial charge in [-0.15, -0.1) is 0 Å². The summed E-state index contributed by atoms with van der Waals surface area (Å²) in [6.07, 6.45) is 1.22. The van der Waals surface area contributed by atoms with Crippen LogP contribution in [-0.4, -0.2) is 31.6 Å². The third-order valence-corrected chi connectivity index (χ3v) is 2.96. The van der Waals surface area contributed by atoms with Gasteiger partial charge in [0.25, 0.3) is 0 Å². The highest BCUT2D eigenvalue weighted by molar-refractivity contribution is 5.97. The lowest BCUT2D eigenvalue weighted by Gasteiger charge is -2.18. The van der Waals surface area contributed by atoms with Crippen LogP contribution in [0, 0.1) is 0 Å². The lowest BCUT2D eigenvalue weighted by atomic mass is 10.0. The zero-order valence-electron chi connectivity index (χ0n) is 10.7. The molecule has 0 radical (unpaired) electrons. The Morgan fingerprint density at radius 2 is 2.32 bits per heavy atom. The summed E-state index contributed by atoms with van der Waals surface area (Å²) in [5, 5.41) is 5.48. The van der Waals surface area contributed by atoms with Crippen molar-refractivity contribution in [2.24, 2.45) is 5.73 Å². The van der Waals surface area contributed by atoms with Crippen LogP contribution in [0.25, 0.3) is 0 Å². The van der Waals surface area contributed by atoms with Gasteiger partial charge >= 0.3 is 0 Å². The number of aryl methyl sites for hydroxylation is 1. The van der Waals surface area contributed by atoms with Crippen LogP contribution in [0.5, 0.6) is 0 Å². The molecule has 4 N–H and O–H groups in total. The number of anilines is 2. The van der Waals surface area contributed by atoms with Crippen molar-refractivity contribution >= 4 is 23.2 Å². The highest BCUT2D eigenvalue weighted by Crippen LogP contribution is 2.25. The number of rotatable bonds is 4. The predicted molar refractivity (Wildman–Crippen MR) is 71.9 cm³/mol. The summed E-state index contributed by atoms with van der Waals surface area (Å²) in [4.78, 5) is 23.0.